The lowest BCUT2D eigenvalue weighted by molar-refractivity contribution is -0.142. The van der Waals surface area contributed by atoms with Gasteiger partial charge in [-0.05, 0) is 33.7 Å². The molecule has 0 heterocycles. The van der Waals surface area contributed by atoms with Crippen molar-refractivity contribution in [1.29, 1.82) is 0 Å². The zero-order valence-electron chi connectivity index (χ0n) is 9.50. The molecule has 0 rings (SSSR count). The number of rotatable bonds is 7. The summed E-state index contributed by atoms with van der Waals surface area (Å²) in [6.45, 7) is 7.28. The molecule has 0 aliphatic heterocycles. The summed E-state index contributed by atoms with van der Waals surface area (Å²) in [5, 5.41) is 3.05. The standard InChI is InChI=1S/C10H21NO3/c1-8(2)14-7-5-6-11-9(3)10(12)13-4/h8-9,11H,5-7H2,1-4H3. The predicted molar refractivity (Wildman–Crippen MR) is 55.2 cm³/mol. The number of methoxy groups -OCH3 is 1. The van der Waals surface area contributed by atoms with Gasteiger partial charge in [0.1, 0.15) is 6.04 Å². The molecule has 0 aromatic rings. The highest BCUT2D eigenvalue weighted by Crippen LogP contribution is 1.91. The lowest BCUT2D eigenvalue weighted by Crippen LogP contribution is -2.35. The number of nitrogens with one attached hydrogen (secondary N) is 1. The van der Waals surface area contributed by atoms with E-state index in [9.17, 15) is 4.79 Å². The molecule has 0 aliphatic rings. The van der Waals surface area contributed by atoms with Crippen LogP contribution in [0.15, 0.2) is 0 Å². The molecule has 0 aliphatic carbocycles. The van der Waals surface area contributed by atoms with E-state index in [4.69, 9.17) is 4.74 Å². The van der Waals surface area contributed by atoms with Crippen LogP contribution in [-0.2, 0) is 14.3 Å². The van der Waals surface area contributed by atoms with Crippen LogP contribution < -0.4 is 5.32 Å². The van der Waals surface area contributed by atoms with Gasteiger partial charge in [0.2, 0.25) is 0 Å². The fraction of sp³-hybridized carbons (Fsp3) is 0.900. The number of esters is 1. The second-order valence-electron chi connectivity index (χ2n) is 3.47. The van der Waals surface area contributed by atoms with Crippen molar-refractivity contribution in [2.75, 3.05) is 20.3 Å². The largest absolute Gasteiger partial charge is 0.468 e. The van der Waals surface area contributed by atoms with Crippen LogP contribution in [0.1, 0.15) is 27.2 Å². The number of hydrogen-bond acceptors (Lipinski definition) is 4. The van der Waals surface area contributed by atoms with Crippen LogP contribution in [0.25, 0.3) is 0 Å². The fourth-order valence-electron chi connectivity index (χ4n) is 0.970. The first kappa shape index (κ1) is 13.4. The highest BCUT2D eigenvalue weighted by molar-refractivity contribution is 5.74. The lowest BCUT2D eigenvalue weighted by atomic mass is 10.3. The van der Waals surface area contributed by atoms with Crippen molar-refractivity contribution in [3.05, 3.63) is 0 Å². The Balaban J connectivity index is 3.31. The minimum Gasteiger partial charge on any atom is -0.468 e. The Labute approximate surface area is 86.0 Å². The first-order chi connectivity index (χ1) is 6.57. The quantitative estimate of drug-likeness (QED) is 0.494. The van der Waals surface area contributed by atoms with E-state index in [1.807, 2.05) is 13.8 Å². The number of hydrogen-bond donors (Lipinski definition) is 1. The second-order valence-corrected chi connectivity index (χ2v) is 3.47. The van der Waals surface area contributed by atoms with Gasteiger partial charge in [-0.3, -0.25) is 4.79 Å². The highest BCUT2D eigenvalue weighted by Gasteiger charge is 2.10. The van der Waals surface area contributed by atoms with Crippen LogP contribution in [0.2, 0.25) is 0 Å². The molecule has 0 saturated carbocycles. The normalized spacial score (nSPS) is 12.9. The van der Waals surface area contributed by atoms with Gasteiger partial charge in [-0.1, -0.05) is 0 Å². The molecule has 1 unspecified atom stereocenters. The van der Waals surface area contributed by atoms with Crippen molar-refractivity contribution in [1.82, 2.24) is 5.32 Å². The van der Waals surface area contributed by atoms with Gasteiger partial charge in [0, 0.05) is 6.61 Å². The van der Waals surface area contributed by atoms with Crippen molar-refractivity contribution < 1.29 is 14.3 Å². The van der Waals surface area contributed by atoms with E-state index in [1.165, 1.54) is 7.11 Å². The summed E-state index contributed by atoms with van der Waals surface area (Å²) in [4.78, 5) is 11.0. The summed E-state index contributed by atoms with van der Waals surface area (Å²) in [7, 11) is 1.39. The molecule has 0 spiro atoms. The highest BCUT2D eigenvalue weighted by atomic mass is 16.5. The van der Waals surface area contributed by atoms with Crippen LogP contribution in [-0.4, -0.2) is 38.4 Å². The van der Waals surface area contributed by atoms with Crippen molar-refractivity contribution in [3.63, 3.8) is 0 Å². The van der Waals surface area contributed by atoms with Crippen LogP contribution in [0.3, 0.4) is 0 Å². The molecule has 4 nitrogen and oxygen atoms in total. The maximum absolute atomic E-state index is 11.0. The molecule has 0 amide bonds. The van der Waals surface area contributed by atoms with Crippen LogP contribution in [0, 0.1) is 0 Å². The maximum atomic E-state index is 11.0. The predicted octanol–water partition coefficient (Wildman–Crippen LogP) is 0.953. The molecule has 0 aromatic heterocycles. The van der Waals surface area contributed by atoms with Gasteiger partial charge in [-0.15, -0.1) is 0 Å². The van der Waals surface area contributed by atoms with Gasteiger partial charge in [-0.25, -0.2) is 0 Å². The van der Waals surface area contributed by atoms with Crippen LogP contribution >= 0.6 is 0 Å². The summed E-state index contributed by atoms with van der Waals surface area (Å²) in [5.74, 6) is -0.227. The Morgan fingerprint density at radius 3 is 2.50 bits per heavy atom. The lowest BCUT2D eigenvalue weighted by Gasteiger charge is -2.12. The Kier molecular flexibility index (Phi) is 7.42. The van der Waals surface area contributed by atoms with Crippen molar-refractivity contribution >= 4 is 5.97 Å². The van der Waals surface area contributed by atoms with Crippen molar-refractivity contribution in [3.8, 4) is 0 Å². The Morgan fingerprint density at radius 2 is 2.00 bits per heavy atom. The smallest absolute Gasteiger partial charge is 0.322 e. The molecule has 1 atom stereocenters. The molecule has 0 aromatic carbocycles. The van der Waals surface area contributed by atoms with E-state index in [0.717, 1.165) is 19.6 Å². The van der Waals surface area contributed by atoms with Gasteiger partial charge >= 0.3 is 5.97 Å². The Morgan fingerprint density at radius 1 is 1.36 bits per heavy atom. The molecule has 0 fully saturated rings. The van der Waals surface area contributed by atoms with E-state index >= 15 is 0 Å². The van der Waals surface area contributed by atoms with E-state index in [1.54, 1.807) is 6.92 Å². The van der Waals surface area contributed by atoms with Crippen LogP contribution in [0.5, 0.6) is 0 Å². The summed E-state index contributed by atoms with van der Waals surface area (Å²) in [6, 6.07) is -0.237. The molecule has 1 N–H and O–H groups in total. The van der Waals surface area contributed by atoms with Gasteiger partial charge in [0.05, 0.1) is 13.2 Å². The first-order valence-electron chi connectivity index (χ1n) is 5.00. The molecule has 84 valence electrons. The molecular weight excluding hydrogens is 182 g/mol. The fourth-order valence-corrected chi connectivity index (χ4v) is 0.970. The van der Waals surface area contributed by atoms with Gasteiger partial charge in [0.25, 0.3) is 0 Å². The van der Waals surface area contributed by atoms with E-state index in [-0.39, 0.29) is 18.1 Å². The minimum absolute atomic E-state index is 0.227. The third-order valence-electron chi connectivity index (χ3n) is 1.78. The summed E-state index contributed by atoms with van der Waals surface area (Å²) in [6.07, 6.45) is 1.17. The molecule has 0 saturated heterocycles. The molecule has 0 bridgehead atoms. The number of carbonyl (C=O) groups excluding carboxylic acids is 1. The third kappa shape index (κ3) is 6.86. The second kappa shape index (κ2) is 7.76. The average molecular weight is 203 g/mol. The third-order valence-corrected chi connectivity index (χ3v) is 1.78. The first-order valence-corrected chi connectivity index (χ1v) is 5.00. The van der Waals surface area contributed by atoms with E-state index in [0.29, 0.717) is 0 Å². The van der Waals surface area contributed by atoms with E-state index in [2.05, 4.69) is 10.1 Å². The Bertz CT molecular complexity index is 159. The molecule has 0 radical (unpaired) electrons. The summed E-state index contributed by atoms with van der Waals surface area (Å²) in [5.41, 5.74) is 0. The van der Waals surface area contributed by atoms with Gasteiger partial charge in [0.15, 0.2) is 0 Å². The zero-order chi connectivity index (χ0) is 11.0. The number of carbonyl (C=O) groups is 1. The monoisotopic (exact) mass is 203 g/mol. The molecule has 4 heteroatoms. The SMILES string of the molecule is COC(=O)C(C)NCCCOC(C)C. The van der Waals surface area contributed by atoms with Gasteiger partial charge in [-0.2, -0.15) is 0 Å². The van der Waals surface area contributed by atoms with Crippen molar-refractivity contribution in [2.45, 2.75) is 39.3 Å². The minimum atomic E-state index is -0.237. The van der Waals surface area contributed by atoms with Crippen LogP contribution in [0.4, 0.5) is 0 Å². The average Bonchev–Trinajstić information content (AvgIpc) is 2.15. The van der Waals surface area contributed by atoms with E-state index < -0.39 is 0 Å². The summed E-state index contributed by atoms with van der Waals surface area (Å²) < 4.78 is 9.93. The molecular formula is C10H21NO3. The van der Waals surface area contributed by atoms with Crippen molar-refractivity contribution in [2.24, 2.45) is 0 Å². The molecule has 14 heavy (non-hydrogen) atoms. The summed E-state index contributed by atoms with van der Waals surface area (Å²) >= 11 is 0. The number of ether oxygens (including phenoxy) is 2. The maximum Gasteiger partial charge on any atom is 0.322 e. The Hall–Kier alpha value is -0.610. The van der Waals surface area contributed by atoms with Gasteiger partial charge < -0.3 is 14.8 Å². The zero-order valence-corrected chi connectivity index (χ0v) is 9.50. The topological polar surface area (TPSA) is 47.6 Å².